The summed E-state index contributed by atoms with van der Waals surface area (Å²) in [5.74, 6) is 0.968. The number of rotatable bonds is 5. The maximum absolute atomic E-state index is 3.89. The number of piperazine rings is 1. The molecule has 1 atom stereocenters. The molecule has 112 valence electrons. The molecule has 0 amide bonds. The van der Waals surface area contributed by atoms with Crippen LogP contribution in [0.5, 0.6) is 0 Å². The molecule has 1 unspecified atom stereocenters. The average Bonchev–Trinajstić information content (AvgIpc) is 2.95. The minimum Gasteiger partial charge on any atom is -0.308 e. The van der Waals surface area contributed by atoms with Crippen LogP contribution in [0, 0.1) is 5.92 Å². The van der Waals surface area contributed by atoms with Crippen LogP contribution in [0.25, 0.3) is 0 Å². The molecule has 1 aliphatic heterocycles. The molecule has 2 nitrogen and oxygen atoms in total. The van der Waals surface area contributed by atoms with E-state index in [-0.39, 0.29) is 0 Å². The van der Waals surface area contributed by atoms with Gasteiger partial charge < -0.3 is 5.32 Å². The first-order valence-electron chi connectivity index (χ1n) is 8.57. The Morgan fingerprint density at radius 3 is 2.21 bits per heavy atom. The fraction of sp³-hybridized carbons (Fsp3) is 1.00. The monoisotopic (exact) mass is 266 g/mol. The van der Waals surface area contributed by atoms with E-state index >= 15 is 0 Å². The Balaban J connectivity index is 2.08. The lowest BCUT2D eigenvalue weighted by Gasteiger charge is -2.54. The van der Waals surface area contributed by atoms with E-state index in [1.165, 1.54) is 58.0 Å². The molecular formula is C17H34N2. The highest BCUT2D eigenvalue weighted by molar-refractivity contribution is 5.02. The second-order valence-corrected chi connectivity index (χ2v) is 7.22. The Labute approximate surface area is 120 Å². The lowest BCUT2D eigenvalue weighted by atomic mass is 9.82. The van der Waals surface area contributed by atoms with Crippen LogP contribution in [-0.4, -0.2) is 35.6 Å². The molecule has 2 aliphatic rings. The summed E-state index contributed by atoms with van der Waals surface area (Å²) in [6.07, 6.45) is 9.63. The second kappa shape index (κ2) is 6.13. The molecule has 0 radical (unpaired) electrons. The summed E-state index contributed by atoms with van der Waals surface area (Å²) >= 11 is 0. The van der Waals surface area contributed by atoms with E-state index in [0.29, 0.717) is 11.1 Å². The molecule has 0 bridgehead atoms. The van der Waals surface area contributed by atoms with Crippen molar-refractivity contribution in [3.8, 4) is 0 Å². The van der Waals surface area contributed by atoms with E-state index < -0.39 is 0 Å². The standard InChI is InChI=1S/C17H34N2/c1-5-16(4)13-18-17(6-2,7-3)14-19(16)12-15-10-8-9-11-15/h15,18H,5-14H2,1-4H3. The van der Waals surface area contributed by atoms with E-state index in [2.05, 4.69) is 37.9 Å². The van der Waals surface area contributed by atoms with E-state index in [1.807, 2.05) is 0 Å². The van der Waals surface area contributed by atoms with Gasteiger partial charge in [-0.1, -0.05) is 33.6 Å². The highest BCUT2D eigenvalue weighted by atomic mass is 15.3. The maximum atomic E-state index is 3.89. The molecule has 1 saturated carbocycles. The van der Waals surface area contributed by atoms with Crippen LogP contribution in [0.3, 0.4) is 0 Å². The van der Waals surface area contributed by atoms with Crippen molar-refractivity contribution in [1.29, 1.82) is 0 Å². The summed E-state index contributed by atoms with van der Waals surface area (Å²) in [6, 6.07) is 0. The smallest absolute Gasteiger partial charge is 0.0304 e. The van der Waals surface area contributed by atoms with Crippen molar-refractivity contribution in [3.05, 3.63) is 0 Å². The largest absolute Gasteiger partial charge is 0.308 e. The summed E-state index contributed by atoms with van der Waals surface area (Å²) in [5, 5.41) is 3.89. The quantitative estimate of drug-likeness (QED) is 0.814. The molecule has 0 aromatic rings. The van der Waals surface area contributed by atoms with E-state index in [0.717, 1.165) is 12.5 Å². The molecule has 0 aromatic heterocycles. The summed E-state index contributed by atoms with van der Waals surface area (Å²) in [5.41, 5.74) is 0.740. The van der Waals surface area contributed by atoms with Crippen molar-refractivity contribution in [2.24, 2.45) is 5.92 Å². The molecule has 2 heteroatoms. The molecule has 1 N–H and O–H groups in total. The predicted molar refractivity (Wildman–Crippen MR) is 83.5 cm³/mol. The van der Waals surface area contributed by atoms with Crippen LogP contribution in [0.4, 0.5) is 0 Å². The van der Waals surface area contributed by atoms with Gasteiger partial charge in [0.1, 0.15) is 0 Å². The Bertz CT molecular complexity index is 279. The van der Waals surface area contributed by atoms with E-state index in [9.17, 15) is 0 Å². The minimum atomic E-state index is 0.368. The molecule has 1 saturated heterocycles. The van der Waals surface area contributed by atoms with E-state index in [4.69, 9.17) is 0 Å². The third-order valence-electron chi connectivity index (χ3n) is 6.17. The van der Waals surface area contributed by atoms with E-state index in [1.54, 1.807) is 0 Å². The molecule has 1 heterocycles. The zero-order chi connectivity index (χ0) is 13.9. The molecule has 0 aromatic carbocycles. The first-order valence-corrected chi connectivity index (χ1v) is 8.57. The number of hydrogen-bond acceptors (Lipinski definition) is 2. The highest BCUT2D eigenvalue weighted by Gasteiger charge is 2.43. The number of nitrogens with one attached hydrogen (secondary N) is 1. The van der Waals surface area contributed by atoms with Crippen LogP contribution >= 0.6 is 0 Å². The van der Waals surface area contributed by atoms with Gasteiger partial charge in [-0.2, -0.15) is 0 Å². The Kier molecular flexibility index (Phi) is 4.94. The summed E-state index contributed by atoms with van der Waals surface area (Å²) in [4.78, 5) is 2.84. The van der Waals surface area contributed by atoms with Crippen LogP contribution in [0.1, 0.15) is 72.6 Å². The summed E-state index contributed by atoms with van der Waals surface area (Å²) in [7, 11) is 0. The normalized spacial score (nSPS) is 32.8. The highest BCUT2D eigenvalue weighted by Crippen LogP contribution is 2.34. The zero-order valence-electron chi connectivity index (χ0n) is 13.6. The maximum Gasteiger partial charge on any atom is 0.0304 e. The summed E-state index contributed by atoms with van der Waals surface area (Å²) < 4.78 is 0. The van der Waals surface area contributed by atoms with Gasteiger partial charge >= 0.3 is 0 Å². The van der Waals surface area contributed by atoms with Gasteiger partial charge in [-0.25, -0.2) is 0 Å². The predicted octanol–water partition coefficient (Wildman–Crippen LogP) is 3.81. The SMILES string of the molecule is CCC1(CC)CN(CC2CCCC2)C(C)(CC)CN1. The van der Waals surface area contributed by atoms with Gasteiger partial charge in [0.15, 0.2) is 0 Å². The average molecular weight is 266 g/mol. The molecular weight excluding hydrogens is 232 g/mol. The van der Waals surface area contributed by atoms with Crippen molar-refractivity contribution < 1.29 is 0 Å². The molecule has 1 aliphatic carbocycles. The first kappa shape index (κ1) is 15.3. The third kappa shape index (κ3) is 3.16. The van der Waals surface area contributed by atoms with Crippen molar-refractivity contribution >= 4 is 0 Å². The summed E-state index contributed by atoms with van der Waals surface area (Å²) in [6.45, 7) is 13.3. The van der Waals surface area contributed by atoms with Gasteiger partial charge in [0.25, 0.3) is 0 Å². The van der Waals surface area contributed by atoms with Gasteiger partial charge in [-0.3, -0.25) is 4.90 Å². The van der Waals surface area contributed by atoms with Crippen LogP contribution in [0.15, 0.2) is 0 Å². The van der Waals surface area contributed by atoms with Gasteiger partial charge in [0.05, 0.1) is 0 Å². The van der Waals surface area contributed by atoms with Crippen molar-refractivity contribution in [2.75, 3.05) is 19.6 Å². The third-order valence-corrected chi connectivity index (χ3v) is 6.17. The molecule has 2 fully saturated rings. The minimum absolute atomic E-state index is 0.368. The molecule has 2 rings (SSSR count). The van der Waals surface area contributed by atoms with Gasteiger partial charge in [-0.15, -0.1) is 0 Å². The van der Waals surface area contributed by atoms with Gasteiger partial charge in [0.2, 0.25) is 0 Å². The van der Waals surface area contributed by atoms with Gasteiger partial charge in [0, 0.05) is 30.7 Å². The molecule has 19 heavy (non-hydrogen) atoms. The van der Waals surface area contributed by atoms with Crippen LogP contribution in [0.2, 0.25) is 0 Å². The first-order chi connectivity index (χ1) is 9.07. The van der Waals surface area contributed by atoms with Crippen molar-refractivity contribution in [3.63, 3.8) is 0 Å². The fourth-order valence-electron chi connectivity index (χ4n) is 3.96. The van der Waals surface area contributed by atoms with Gasteiger partial charge in [-0.05, 0) is 44.9 Å². The number of hydrogen-bond donors (Lipinski definition) is 1. The topological polar surface area (TPSA) is 15.3 Å². The lowest BCUT2D eigenvalue weighted by molar-refractivity contribution is -0.00117. The van der Waals surface area contributed by atoms with Crippen LogP contribution in [-0.2, 0) is 0 Å². The van der Waals surface area contributed by atoms with Crippen molar-refractivity contribution in [2.45, 2.75) is 83.7 Å². The Hall–Kier alpha value is -0.0800. The zero-order valence-corrected chi connectivity index (χ0v) is 13.6. The Morgan fingerprint density at radius 1 is 1.05 bits per heavy atom. The molecule has 0 spiro atoms. The number of nitrogens with zero attached hydrogens (tertiary/aromatic N) is 1. The fourth-order valence-corrected chi connectivity index (χ4v) is 3.96. The second-order valence-electron chi connectivity index (χ2n) is 7.22. The Morgan fingerprint density at radius 2 is 1.68 bits per heavy atom. The lowest BCUT2D eigenvalue weighted by Crippen LogP contribution is -2.69. The van der Waals surface area contributed by atoms with Crippen molar-refractivity contribution in [1.82, 2.24) is 10.2 Å². The van der Waals surface area contributed by atoms with Crippen LogP contribution < -0.4 is 5.32 Å².